The van der Waals surface area contributed by atoms with E-state index in [9.17, 15) is 10.1 Å². The van der Waals surface area contributed by atoms with Crippen molar-refractivity contribution in [1.82, 2.24) is 4.90 Å². The number of benzene rings is 1. The standard InChI is InChI=1S/C13H16ClN3O2/c14-11-4-1-5-12(13(11)17(18)19)16-8-7-15-6-2-3-10(15)9-16/h1,4-5,10H,2-3,6-9H2. The maximum Gasteiger partial charge on any atom is 0.310 e. The van der Waals surface area contributed by atoms with E-state index in [1.54, 1.807) is 18.2 Å². The van der Waals surface area contributed by atoms with E-state index in [1.165, 1.54) is 12.8 Å². The molecule has 2 aliphatic heterocycles. The molecule has 2 aliphatic rings. The van der Waals surface area contributed by atoms with Crippen LogP contribution in [0, 0.1) is 10.1 Å². The summed E-state index contributed by atoms with van der Waals surface area (Å²) in [6.07, 6.45) is 2.42. The maximum absolute atomic E-state index is 11.2. The fraction of sp³-hybridized carbons (Fsp3) is 0.538. The molecule has 0 amide bonds. The fourth-order valence-corrected chi connectivity index (χ4v) is 3.39. The number of halogens is 1. The molecule has 1 aromatic carbocycles. The lowest BCUT2D eigenvalue weighted by molar-refractivity contribution is -0.384. The van der Waals surface area contributed by atoms with Crippen molar-refractivity contribution in [2.24, 2.45) is 0 Å². The van der Waals surface area contributed by atoms with Crippen molar-refractivity contribution in [1.29, 1.82) is 0 Å². The molecule has 0 aromatic heterocycles. The largest absolute Gasteiger partial charge is 0.363 e. The molecule has 1 aromatic rings. The Morgan fingerprint density at radius 3 is 2.95 bits per heavy atom. The summed E-state index contributed by atoms with van der Waals surface area (Å²) in [6, 6.07) is 5.70. The van der Waals surface area contributed by atoms with Gasteiger partial charge in [0, 0.05) is 25.7 Å². The predicted octanol–water partition coefficient (Wildman–Crippen LogP) is 2.53. The molecule has 1 unspecified atom stereocenters. The smallest absolute Gasteiger partial charge is 0.310 e. The van der Waals surface area contributed by atoms with Crippen LogP contribution in [-0.2, 0) is 0 Å². The summed E-state index contributed by atoms with van der Waals surface area (Å²) in [5.41, 5.74) is 0.694. The molecule has 0 spiro atoms. The topological polar surface area (TPSA) is 49.6 Å². The number of para-hydroxylation sites is 1. The van der Waals surface area contributed by atoms with E-state index >= 15 is 0 Å². The van der Waals surface area contributed by atoms with Crippen molar-refractivity contribution < 1.29 is 4.92 Å². The zero-order valence-electron chi connectivity index (χ0n) is 10.6. The van der Waals surface area contributed by atoms with E-state index in [2.05, 4.69) is 9.80 Å². The van der Waals surface area contributed by atoms with Crippen molar-refractivity contribution >= 4 is 23.0 Å². The van der Waals surface area contributed by atoms with Crippen molar-refractivity contribution in [2.75, 3.05) is 31.1 Å². The second kappa shape index (κ2) is 4.98. The molecule has 0 radical (unpaired) electrons. The van der Waals surface area contributed by atoms with Crippen LogP contribution in [0.1, 0.15) is 12.8 Å². The molecule has 0 saturated carbocycles. The summed E-state index contributed by atoms with van der Waals surface area (Å²) in [5, 5.41) is 11.4. The Balaban J connectivity index is 1.90. The highest BCUT2D eigenvalue weighted by atomic mass is 35.5. The Labute approximate surface area is 116 Å². The van der Waals surface area contributed by atoms with E-state index in [0.29, 0.717) is 11.7 Å². The maximum atomic E-state index is 11.2. The van der Waals surface area contributed by atoms with E-state index < -0.39 is 0 Å². The molecule has 19 heavy (non-hydrogen) atoms. The van der Waals surface area contributed by atoms with Crippen LogP contribution in [0.4, 0.5) is 11.4 Å². The Hall–Kier alpha value is -1.33. The summed E-state index contributed by atoms with van der Waals surface area (Å²) >= 11 is 5.98. The van der Waals surface area contributed by atoms with Gasteiger partial charge in [-0.15, -0.1) is 0 Å². The number of anilines is 1. The molecular weight excluding hydrogens is 266 g/mol. The number of nitrogens with zero attached hydrogens (tertiary/aromatic N) is 3. The minimum atomic E-state index is -0.376. The molecule has 1 atom stereocenters. The summed E-state index contributed by atoms with van der Waals surface area (Å²) < 4.78 is 0. The number of hydrogen-bond acceptors (Lipinski definition) is 4. The van der Waals surface area contributed by atoms with E-state index in [1.807, 2.05) is 0 Å². The zero-order valence-corrected chi connectivity index (χ0v) is 11.3. The average Bonchev–Trinajstić information content (AvgIpc) is 2.85. The monoisotopic (exact) mass is 281 g/mol. The highest BCUT2D eigenvalue weighted by molar-refractivity contribution is 6.33. The number of nitro groups is 1. The Kier molecular flexibility index (Phi) is 3.33. The summed E-state index contributed by atoms with van der Waals surface area (Å²) in [7, 11) is 0. The lowest BCUT2D eigenvalue weighted by atomic mass is 10.1. The summed E-state index contributed by atoms with van der Waals surface area (Å²) in [4.78, 5) is 15.4. The molecule has 2 saturated heterocycles. The first kappa shape index (κ1) is 12.7. The van der Waals surface area contributed by atoms with E-state index in [4.69, 9.17) is 11.6 Å². The molecular formula is C13H16ClN3O2. The molecule has 0 aliphatic carbocycles. The van der Waals surface area contributed by atoms with E-state index in [0.717, 1.165) is 26.2 Å². The van der Waals surface area contributed by atoms with Gasteiger partial charge in [0.05, 0.1) is 4.92 Å². The first-order chi connectivity index (χ1) is 9.16. The van der Waals surface area contributed by atoms with Gasteiger partial charge in [0.2, 0.25) is 0 Å². The van der Waals surface area contributed by atoms with E-state index in [-0.39, 0.29) is 15.6 Å². The van der Waals surface area contributed by atoms with Crippen LogP contribution in [0.2, 0.25) is 5.02 Å². The molecule has 3 rings (SSSR count). The third-order valence-corrected chi connectivity index (χ3v) is 4.38. The molecule has 0 bridgehead atoms. The van der Waals surface area contributed by atoms with Crippen LogP contribution >= 0.6 is 11.6 Å². The van der Waals surface area contributed by atoms with Crippen LogP contribution in [0.3, 0.4) is 0 Å². The predicted molar refractivity (Wildman–Crippen MR) is 74.9 cm³/mol. The van der Waals surface area contributed by atoms with Gasteiger partial charge in [-0.2, -0.15) is 0 Å². The van der Waals surface area contributed by atoms with Gasteiger partial charge in [-0.25, -0.2) is 0 Å². The summed E-state index contributed by atoms with van der Waals surface area (Å²) in [6.45, 7) is 3.84. The minimum Gasteiger partial charge on any atom is -0.363 e. The van der Waals surface area contributed by atoms with Crippen LogP contribution in [0.5, 0.6) is 0 Å². The first-order valence-electron chi connectivity index (χ1n) is 6.58. The quantitative estimate of drug-likeness (QED) is 0.617. The van der Waals surface area contributed by atoms with Crippen LogP contribution in [0.25, 0.3) is 0 Å². The number of nitro benzene ring substituents is 1. The normalized spacial score (nSPS) is 23.4. The third-order valence-electron chi connectivity index (χ3n) is 4.08. The van der Waals surface area contributed by atoms with Gasteiger partial charge in [0.25, 0.3) is 0 Å². The third kappa shape index (κ3) is 2.28. The second-order valence-corrected chi connectivity index (χ2v) is 5.55. The fourth-order valence-electron chi connectivity index (χ4n) is 3.15. The zero-order chi connectivity index (χ0) is 13.4. The first-order valence-corrected chi connectivity index (χ1v) is 6.96. The Morgan fingerprint density at radius 1 is 1.32 bits per heavy atom. The SMILES string of the molecule is O=[N+]([O-])c1c(Cl)cccc1N1CCN2CCCC2C1. The molecule has 2 heterocycles. The van der Waals surface area contributed by atoms with Crippen molar-refractivity contribution in [3.63, 3.8) is 0 Å². The number of hydrogen-bond donors (Lipinski definition) is 0. The highest BCUT2D eigenvalue weighted by Crippen LogP contribution is 2.36. The summed E-state index contributed by atoms with van der Waals surface area (Å²) in [5.74, 6) is 0. The number of piperazine rings is 1. The highest BCUT2D eigenvalue weighted by Gasteiger charge is 2.33. The Bertz CT molecular complexity index is 509. The van der Waals surface area contributed by atoms with Crippen molar-refractivity contribution in [3.05, 3.63) is 33.3 Å². The lowest BCUT2D eigenvalue weighted by Crippen LogP contribution is -2.50. The van der Waals surface area contributed by atoms with Gasteiger partial charge >= 0.3 is 5.69 Å². The van der Waals surface area contributed by atoms with Crippen molar-refractivity contribution in [2.45, 2.75) is 18.9 Å². The minimum absolute atomic E-state index is 0.0376. The van der Waals surface area contributed by atoms with Gasteiger partial charge in [-0.05, 0) is 31.5 Å². The van der Waals surface area contributed by atoms with Gasteiger partial charge in [0.15, 0.2) is 0 Å². The number of fused-ring (bicyclic) bond motifs is 1. The van der Waals surface area contributed by atoms with Gasteiger partial charge in [-0.3, -0.25) is 15.0 Å². The molecule has 0 N–H and O–H groups in total. The number of rotatable bonds is 2. The molecule has 2 fully saturated rings. The average molecular weight is 282 g/mol. The van der Waals surface area contributed by atoms with Gasteiger partial charge in [-0.1, -0.05) is 17.7 Å². The Morgan fingerprint density at radius 2 is 2.16 bits per heavy atom. The van der Waals surface area contributed by atoms with Crippen LogP contribution < -0.4 is 4.90 Å². The van der Waals surface area contributed by atoms with Crippen LogP contribution in [-0.4, -0.2) is 42.0 Å². The molecule has 5 nitrogen and oxygen atoms in total. The van der Waals surface area contributed by atoms with Gasteiger partial charge < -0.3 is 4.90 Å². The lowest BCUT2D eigenvalue weighted by Gasteiger charge is -2.38. The molecule has 6 heteroatoms. The van der Waals surface area contributed by atoms with Crippen molar-refractivity contribution in [3.8, 4) is 0 Å². The molecule has 102 valence electrons. The van der Waals surface area contributed by atoms with Crippen LogP contribution in [0.15, 0.2) is 18.2 Å². The second-order valence-electron chi connectivity index (χ2n) is 5.14. The van der Waals surface area contributed by atoms with Gasteiger partial charge in [0.1, 0.15) is 10.7 Å².